The minimum atomic E-state index is 0.570. The van der Waals surface area contributed by atoms with Crippen LogP contribution in [-0.4, -0.2) is 26.1 Å². The van der Waals surface area contributed by atoms with Crippen molar-refractivity contribution in [1.82, 2.24) is 20.0 Å². The molecule has 0 unspecified atom stereocenters. The van der Waals surface area contributed by atoms with E-state index in [4.69, 9.17) is 8.94 Å². The number of aromatic nitrogens is 3. The molecule has 0 N–H and O–H groups in total. The summed E-state index contributed by atoms with van der Waals surface area (Å²) in [6.45, 7) is 1.51. The molecule has 1 aliphatic carbocycles. The lowest BCUT2D eigenvalue weighted by molar-refractivity contribution is 0.209. The molecular weight excluding hydrogens is 280 g/mol. The van der Waals surface area contributed by atoms with Crippen LogP contribution in [0.25, 0.3) is 11.4 Å². The van der Waals surface area contributed by atoms with E-state index in [1.54, 1.807) is 18.7 Å². The van der Waals surface area contributed by atoms with Crippen LogP contribution in [0, 0.1) is 0 Å². The van der Waals surface area contributed by atoms with E-state index in [0.717, 1.165) is 12.1 Å². The average Bonchev–Trinajstić information content (AvgIpc) is 3.06. The van der Waals surface area contributed by atoms with Crippen molar-refractivity contribution in [2.24, 2.45) is 0 Å². The highest BCUT2D eigenvalue weighted by Crippen LogP contribution is 2.29. The Labute approximate surface area is 127 Å². The van der Waals surface area contributed by atoms with Gasteiger partial charge in [-0.15, -0.1) is 0 Å². The van der Waals surface area contributed by atoms with Crippen LogP contribution in [0.3, 0.4) is 0 Å². The lowest BCUT2D eigenvalue weighted by Gasteiger charge is -2.19. The molecule has 0 aliphatic heterocycles. The van der Waals surface area contributed by atoms with Gasteiger partial charge in [0.05, 0.1) is 18.4 Å². The molecule has 0 spiro atoms. The molecule has 22 heavy (non-hydrogen) atoms. The summed E-state index contributed by atoms with van der Waals surface area (Å²) < 4.78 is 10.4. The van der Waals surface area contributed by atoms with Crippen LogP contribution in [0.5, 0.6) is 0 Å². The maximum absolute atomic E-state index is 5.37. The Morgan fingerprint density at radius 3 is 2.91 bits per heavy atom. The summed E-state index contributed by atoms with van der Waals surface area (Å²) in [5.41, 5.74) is 2.03. The average molecular weight is 296 g/mol. The molecule has 0 radical (unpaired) electrons. The third-order valence-electron chi connectivity index (χ3n) is 3.76. The van der Waals surface area contributed by atoms with Gasteiger partial charge in [0, 0.05) is 25.0 Å². The quantitative estimate of drug-likeness (QED) is 0.696. The normalized spacial score (nSPS) is 14.6. The van der Waals surface area contributed by atoms with E-state index in [1.165, 1.54) is 18.4 Å². The van der Waals surface area contributed by atoms with Gasteiger partial charge in [0.25, 0.3) is 0 Å². The highest BCUT2D eigenvalue weighted by molar-refractivity contribution is 5.51. The molecule has 1 aliphatic rings. The van der Waals surface area contributed by atoms with Crippen molar-refractivity contribution in [3.05, 3.63) is 54.6 Å². The van der Waals surface area contributed by atoms with Crippen molar-refractivity contribution in [2.75, 3.05) is 0 Å². The summed E-state index contributed by atoms with van der Waals surface area (Å²) in [4.78, 5) is 11.0. The number of hydrogen-bond acceptors (Lipinski definition) is 6. The zero-order valence-corrected chi connectivity index (χ0v) is 12.1. The maximum Gasteiger partial charge on any atom is 0.241 e. The van der Waals surface area contributed by atoms with Crippen LogP contribution in [0.15, 0.2) is 52.1 Å². The van der Waals surface area contributed by atoms with E-state index in [1.807, 2.05) is 18.3 Å². The number of nitrogens with zero attached hydrogens (tertiary/aromatic N) is 4. The van der Waals surface area contributed by atoms with Crippen molar-refractivity contribution < 1.29 is 8.94 Å². The van der Waals surface area contributed by atoms with Crippen molar-refractivity contribution in [2.45, 2.75) is 32.0 Å². The van der Waals surface area contributed by atoms with Gasteiger partial charge in [-0.25, -0.2) is 0 Å². The second-order valence-corrected chi connectivity index (χ2v) is 5.52. The summed E-state index contributed by atoms with van der Waals surface area (Å²) in [6, 6.07) is 6.48. The second-order valence-electron chi connectivity index (χ2n) is 5.52. The molecule has 0 amide bonds. The minimum absolute atomic E-state index is 0.570. The van der Waals surface area contributed by atoms with Crippen LogP contribution < -0.4 is 0 Å². The second kappa shape index (κ2) is 5.73. The number of rotatable bonds is 6. The fourth-order valence-electron chi connectivity index (χ4n) is 2.48. The Kier molecular flexibility index (Phi) is 3.44. The van der Waals surface area contributed by atoms with Crippen LogP contribution >= 0.6 is 0 Å². The van der Waals surface area contributed by atoms with Crippen LogP contribution in [0.1, 0.15) is 24.3 Å². The molecule has 3 heterocycles. The monoisotopic (exact) mass is 296 g/mol. The van der Waals surface area contributed by atoms with Gasteiger partial charge in [0.2, 0.25) is 11.7 Å². The maximum atomic E-state index is 5.37. The topological polar surface area (TPSA) is 68.2 Å². The molecule has 0 atom stereocenters. The van der Waals surface area contributed by atoms with Gasteiger partial charge < -0.3 is 8.94 Å². The Hall–Kier alpha value is -2.47. The molecule has 4 rings (SSSR count). The van der Waals surface area contributed by atoms with Gasteiger partial charge in [0.15, 0.2) is 0 Å². The molecule has 0 aromatic carbocycles. The third-order valence-corrected chi connectivity index (χ3v) is 3.76. The zero-order valence-electron chi connectivity index (χ0n) is 12.1. The molecule has 0 saturated heterocycles. The molecule has 1 saturated carbocycles. The largest absolute Gasteiger partial charge is 0.472 e. The van der Waals surface area contributed by atoms with E-state index < -0.39 is 0 Å². The summed E-state index contributed by atoms with van der Waals surface area (Å²) in [7, 11) is 0. The first-order valence-electron chi connectivity index (χ1n) is 7.36. The Morgan fingerprint density at radius 2 is 2.18 bits per heavy atom. The predicted octanol–water partition coefficient (Wildman–Crippen LogP) is 2.89. The van der Waals surface area contributed by atoms with Crippen molar-refractivity contribution in [1.29, 1.82) is 0 Å². The SMILES string of the molecule is c1cncc(CN(Cc2nc(-c3ccoc3)no2)C2CC2)c1. The summed E-state index contributed by atoms with van der Waals surface area (Å²) >= 11 is 0. The van der Waals surface area contributed by atoms with Gasteiger partial charge in [-0.3, -0.25) is 9.88 Å². The number of pyridine rings is 1. The van der Waals surface area contributed by atoms with Gasteiger partial charge in [-0.2, -0.15) is 4.98 Å². The first-order chi connectivity index (χ1) is 10.9. The number of hydrogen-bond donors (Lipinski definition) is 0. The van der Waals surface area contributed by atoms with Crippen LogP contribution in [0.2, 0.25) is 0 Å². The summed E-state index contributed by atoms with van der Waals surface area (Å²) in [6.07, 6.45) is 9.36. The molecule has 0 bridgehead atoms. The summed E-state index contributed by atoms with van der Waals surface area (Å²) in [5, 5.41) is 4.01. The molecule has 112 valence electrons. The van der Waals surface area contributed by atoms with Crippen molar-refractivity contribution in [3.8, 4) is 11.4 Å². The summed E-state index contributed by atoms with van der Waals surface area (Å²) in [5.74, 6) is 1.20. The Bertz CT molecular complexity index is 720. The van der Waals surface area contributed by atoms with E-state index in [0.29, 0.717) is 24.3 Å². The zero-order chi connectivity index (χ0) is 14.8. The fraction of sp³-hybridized carbons (Fsp3) is 0.312. The van der Waals surface area contributed by atoms with Crippen molar-refractivity contribution >= 4 is 0 Å². The lowest BCUT2D eigenvalue weighted by Crippen LogP contribution is -2.25. The standard InChI is InChI=1S/C16H16N4O2/c1-2-12(8-17-6-1)9-20(14-3-4-14)10-15-18-16(19-22-15)13-5-7-21-11-13/h1-2,5-8,11,14H,3-4,9-10H2. The third kappa shape index (κ3) is 2.92. The molecule has 3 aromatic heterocycles. The van der Waals surface area contributed by atoms with E-state index in [-0.39, 0.29) is 0 Å². The smallest absolute Gasteiger partial charge is 0.241 e. The minimum Gasteiger partial charge on any atom is -0.472 e. The fourth-order valence-corrected chi connectivity index (χ4v) is 2.48. The van der Waals surface area contributed by atoms with E-state index in [9.17, 15) is 0 Å². The van der Waals surface area contributed by atoms with Gasteiger partial charge in [-0.1, -0.05) is 11.2 Å². The number of furan rings is 1. The molecule has 6 nitrogen and oxygen atoms in total. The van der Waals surface area contributed by atoms with Crippen molar-refractivity contribution in [3.63, 3.8) is 0 Å². The van der Waals surface area contributed by atoms with Gasteiger partial charge in [0.1, 0.15) is 6.26 Å². The predicted molar refractivity (Wildman–Crippen MR) is 78.5 cm³/mol. The van der Waals surface area contributed by atoms with Gasteiger partial charge in [-0.05, 0) is 30.5 Å². The molecular formula is C16H16N4O2. The molecule has 3 aromatic rings. The molecule has 6 heteroatoms. The van der Waals surface area contributed by atoms with Crippen LogP contribution in [-0.2, 0) is 13.1 Å². The van der Waals surface area contributed by atoms with Gasteiger partial charge >= 0.3 is 0 Å². The van der Waals surface area contributed by atoms with Crippen LogP contribution in [0.4, 0.5) is 0 Å². The Balaban J connectivity index is 1.48. The highest BCUT2D eigenvalue weighted by atomic mass is 16.5. The lowest BCUT2D eigenvalue weighted by atomic mass is 10.2. The Morgan fingerprint density at radius 1 is 1.23 bits per heavy atom. The highest BCUT2D eigenvalue weighted by Gasteiger charge is 2.30. The van der Waals surface area contributed by atoms with E-state index >= 15 is 0 Å². The first kappa shape index (κ1) is 13.2. The van der Waals surface area contributed by atoms with E-state index in [2.05, 4.69) is 26.1 Å². The molecule has 1 fully saturated rings. The first-order valence-corrected chi connectivity index (χ1v) is 7.36.